The highest BCUT2D eigenvalue weighted by Crippen LogP contribution is 2.02. The number of carbonyl (C=O) groups excluding carboxylic acids is 4. The normalized spacial score (nSPS) is 9.36. The second-order valence-corrected chi connectivity index (χ2v) is 1.97. The molecule has 4 nitrogen and oxygen atoms in total. The molecule has 11 heavy (non-hydrogen) atoms. The smallest absolute Gasteiger partial charge is 0.218 e. The minimum absolute atomic E-state index is 0.0435. The number of hydrogen-bond acceptors (Lipinski definition) is 4. The van der Waals surface area contributed by atoms with E-state index in [-0.39, 0.29) is 6.29 Å². The fourth-order valence-electron chi connectivity index (χ4n) is 0.654. The van der Waals surface area contributed by atoms with E-state index in [2.05, 4.69) is 0 Å². The van der Waals surface area contributed by atoms with E-state index >= 15 is 0 Å². The molecule has 0 aliphatic heterocycles. The van der Waals surface area contributed by atoms with Crippen molar-refractivity contribution >= 4 is 23.6 Å². The lowest BCUT2D eigenvalue weighted by molar-refractivity contribution is -0.134. The van der Waals surface area contributed by atoms with Gasteiger partial charge in [-0.25, -0.2) is 0 Å². The van der Waals surface area contributed by atoms with Crippen LogP contribution in [0.25, 0.3) is 0 Å². The zero-order chi connectivity index (χ0) is 9.02. The second-order valence-electron chi connectivity index (χ2n) is 1.97. The molecule has 59 valence electrons. The van der Waals surface area contributed by atoms with Gasteiger partial charge in [0.25, 0.3) is 0 Å². The van der Waals surface area contributed by atoms with Crippen molar-refractivity contribution in [1.82, 2.24) is 0 Å². The van der Waals surface area contributed by atoms with Gasteiger partial charge in [0, 0.05) is 0 Å². The van der Waals surface area contributed by atoms with E-state index in [0.717, 1.165) is 13.8 Å². The van der Waals surface area contributed by atoms with Crippen molar-refractivity contribution in [2.45, 2.75) is 13.8 Å². The lowest BCUT2D eigenvalue weighted by Crippen LogP contribution is -2.26. The summed E-state index contributed by atoms with van der Waals surface area (Å²) < 4.78 is 0. The van der Waals surface area contributed by atoms with Crippen molar-refractivity contribution in [1.29, 1.82) is 0 Å². The number of rotatable bonds is 4. The summed E-state index contributed by atoms with van der Waals surface area (Å²) in [7, 11) is 0. The Morgan fingerprint density at radius 2 is 1.36 bits per heavy atom. The molecule has 0 bridgehead atoms. The number of hydrogen-bond donors (Lipinski definition) is 0. The number of aldehydes is 1. The highest BCUT2D eigenvalue weighted by molar-refractivity contribution is 6.48. The Hall–Kier alpha value is -1.32. The van der Waals surface area contributed by atoms with Crippen molar-refractivity contribution in [3.05, 3.63) is 5.92 Å². The third-order valence-electron chi connectivity index (χ3n) is 1.06. The minimum Gasteiger partial charge on any atom is -0.298 e. The van der Waals surface area contributed by atoms with E-state index in [9.17, 15) is 19.2 Å². The molecule has 0 aromatic rings. The predicted octanol–water partition coefficient (Wildman–Crippen LogP) is -0.493. The fourth-order valence-corrected chi connectivity index (χ4v) is 0.654. The van der Waals surface area contributed by atoms with Crippen LogP contribution in [0.4, 0.5) is 0 Å². The van der Waals surface area contributed by atoms with Gasteiger partial charge in [-0.1, -0.05) is 0 Å². The Kier molecular flexibility index (Phi) is 3.30. The third kappa shape index (κ3) is 2.41. The molecule has 0 saturated carbocycles. The summed E-state index contributed by atoms with van der Waals surface area (Å²) in [5.41, 5.74) is 0. The molecule has 0 aromatic carbocycles. The Morgan fingerprint density at radius 1 is 1.00 bits per heavy atom. The van der Waals surface area contributed by atoms with Gasteiger partial charge in [0.2, 0.25) is 5.78 Å². The summed E-state index contributed by atoms with van der Waals surface area (Å²) in [6.07, 6.45) is -0.0435. The number of ketones is 3. The number of Topliss-reactive ketones (excluding diaryl/α,β-unsaturated/α-hetero) is 3. The first-order valence-corrected chi connectivity index (χ1v) is 2.89. The van der Waals surface area contributed by atoms with E-state index in [1.807, 2.05) is 0 Å². The molecule has 0 saturated heterocycles. The zero-order valence-electron chi connectivity index (χ0n) is 6.21. The van der Waals surface area contributed by atoms with Crippen LogP contribution < -0.4 is 0 Å². The summed E-state index contributed by atoms with van der Waals surface area (Å²) in [6, 6.07) is 0. The highest BCUT2D eigenvalue weighted by Gasteiger charge is 2.28. The molecular formula is C7H7O4. The van der Waals surface area contributed by atoms with Crippen molar-refractivity contribution in [3.8, 4) is 0 Å². The molecule has 0 spiro atoms. The van der Waals surface area contributed by atoms with Crippen LogP contribution in [0, 0.1) is 5.92 Å². The first-order chi connectivity index (χ1) is 5.00. The molecule has 1 radical (unpaired) electrons. The minimum atomic E-state index is -1.05. The summed E-state index contributed by atoms with van der Waals surface area (Å²) in [5.74, 6) is -2.95. The lowest BCUT2D eigenvalue weighted by Gasteiger charge is -2.00. The Morgan fingerprint density at radius 3 is 1.45 bits per heavy atom. The summed E-state index contributed by atoms with van der Waals surface area (Å²) in [5, 5.41) is 0. The Labute approximate surface area is 63.6 Å². The quantitative estimate of drug-likeness (QED) is 0.312. The number of carbonyl (C=O) groups is 4. The summed E-state index contributed by atoms with van der Waals surface area (Å²) in [4.78, 5) is 41.5. The molecule has 0 N–H and O–H groups in total. The average Bonchev–Trinajstić information content (AvgIpc) is 1.85. The van der Waals surface area contributed by atoms with Crippen LogP contribution in [0.2, 0.25) is 0 Å². The largest absolute Gasteiger partial charge is 0.298 e. The molecule has 0 rings (SSSR count). The Bertz CT molecular complexity index is 202. The SMILES string of the molecule is CC(=O)[C](C(C)=O)C(=O)C=O. The van der Waals surface area contributed by atoms with E-state index in [4.69, 9.17) is 0 Å². The van der Waals surface area contributed by atoms with Gasteiger partial charge in [0.15, 0.2) is 23.8 Å². The van der Waals surface area contributed by atoms with Crippen LogP contribution >= 0.6 is 0 Å². The molecule has 4 heteroatoms. The predicted molar refractivity (Wildman–Crippen MR) is 35.7 cm³/mol. The molecule has 0 fully saturated rings. The molecule has 0 amide bonds. The van der Waals surface area contributed by atoms with Crippen molar-refractivity contribution < 1.29 is 19.2 Å². The molecule has 0 heterocycles. The molecule has 0 unspecified atom stereocenters. The fraction of sp³-hybridized carbons (Fsp3) is 0.286. The van der Waals surface area contributed by atoms with Crippen molar-refractivity contribution in [2.75, 3.05) is 0 Å². The second kappa shape index (κ2) is 3.75. The van der Waals surface area contributed by atoms with Gasteiger partial charge < -0.3 is 0 Å². The van der Waals surface area contributed by atoms with Gasteiger partial charge in [0.1, 0.15) is 0 Å². The maximum atomic E-state index is 10.5. The van der Waals surface area contributed by atoms with Gasteiger partial charge in [-0.2, -0.15) is 0 Å². The third-order valence-corrected chi connectivity index (χ3v) is 1.06. The van der Waals surface area contributed by atoms with Gasteiger partial charge in [-0.15, -0.1) is 0 Å². The lowest BCUT2D eigenvalue weighted by atomic mass is 9.97. The van der Waals surface area contributed by atoms with Gasteiger partial charge >= 0.3 is 0 Å². The van der Waals surface area contributed by atoms with Gasteiger partial charge in [0.05, 0.1) is 0 Å². The van der Waals surface area contributed by atoms with Crippen LogP contribution in [0.15, 0.2) is 0 Å². The summed E-state index contributed by atoms with van der Waals surface area (Å²) >= 11 is 0. The van der Waals surface area contributed by atoms with Crippen LogP contribution in [0.1, 0.15) is 13.8 Å². The Balaban J connectivity index is 4.60. The molecule has 0 aromatic heterocycles. The van der Waals surface area contributed by atoms with Gasteiger partial charge in [-0.3, -0.25) is 19.2 Å². The van der Waals surface area contributed by atoms with Crippen molar-refractivity contribution in [2.24, 2.45) is 0 Å². The maximum absolute atomic E-state index is 10.5. The van der Waals surface area contributed by atoms with E-state index < -0.39 is 23.3 Å². The summed E-state index contributed by atoms with van der Waals surface area (Å²) in [6.45, 7) is 2.14. The maximum Gasteiger partial charge on any atom is 0.218 e. The van der Waals surface area contributed by atoms with Crippen molar-refractivity contribution in [3.63, 3.8) is 0 Å². The first kappa shape index (κ1) is 9.68. The van der Waals surface area contributed by atoms with Gasteiger partial charge in [-0.05, 0) is 13.8 Å². The first-order valence-electron chi connectivity index (χ1n) is 2.89. The molecule has 0 aliphatic carbocycles. The van der Waals surface area contributed by atoms with Crippen LogP contribution in [-0.4, -0.2) is 23.6 Å². The van der Waals surface area contributed by atoms with E-state index in [0.29, 0.717) is 0 Å². The average molecular weight is 155 g/mol. The van der Waals surface area contributed by atoms with Crippen LogP contribution in [0.5, 0.6) is 0 Å². The van der Waals surface area contributed by atoms with Crippen LogP contribution in [-0.2, 0) is 19.2 Å². The molecule has 0 atom stereocenters. The standard InChI is InChI=1S/C7H7O4/c1-4(9)7(5(2)10)6(11)3-8/h3H,1-2H3. The zero-order valence-corrected chi connectivity index (χ0v) is 6.21. The monoisotopic (exact) mass is 155 g/mol. The topological polar surface area (TPSA) is 68.3 Å². The van der Waals surface area contributed by atoms with E-state index in [1.165, 1.54) is 0 Å². The molecule has 0 aliphatic rings. The van der Waals surface area contributed by atoms with Crippen LogP contribution in [0.3, 0.4) is 0 Å². The van der Waals surface area contributed by atoms with E-state index in [1.54, 1.807) is 0 Å². The molecular weight excluding hydrogens is 148 g/mol. The highest BCUT2D eigenvalue weighted by atomic mass is 16.2.